The lowest BCUT2D eigenvalue weighted by molar-refractivity contribution is -0.123. The fourth-order valence-corrected chi connectivity index (χ4v) is 6.83. The molecule has 4 nitrogen and oxygen atoms in total. The minimum atomic E-state index is -0.871. The Balaban J connectivity index is 3.48. The highest BCUT2D eigenvalue weighted by Crippen LogP contribution is 2.15. The first-order valence-electron chi connectivity index (χ1n) is 24.5. The van der Waals surface area contributed by atoms with E-state index in [0.717, 1.165) is 77.0 Å². The molecule has 0 heterocycles. The summed E-state index contributed by atoms with van der Waals surface area (Å²) in [6.07, 6.45) is 72.7. The van der Waals surface area contributed by atoms with Gasteiger partial charge in [0.15, 0.2) is 0 Å². The summed E-state index contributed by atoms with van der Waals surface area (Å²) in [4.78, 5) is 12.4. The number of aliphatic hydroxyl groups is 2. The lowest BCUT2D eigenvalue weighted by atomic mass is 10.0. The summed E-state index contributed by atoms with van der Waals surface area (Å²) in [6, 6.07) is -0.647. The average Bonchev–Trinajstić information content (AvgIpc) is 3.23. The van der Waals surface area contributed by atoms with Gasteiger partial charge in [-0.2, -0.15) is 0 Å². The standard InChI is InChI=1S/C54H93NO3/c1-3-5-7-9-11-13-15-16-17-18-19-20-21-22-23-24-25-26-27-28-29-30-31-32-33-34-35-36-37-38-40-42-44-46-48-50-54(58)55-52(51-56)53(57)49-47-45-43-41-39-14-12-10-8-6-4-2/h5,7-8,10-11,13,16-17,19-20,22-23,39,41,47,49,52-53,56-57H,3-4,6,9,12,14-15,18,21,24-38,40,42-46,48,50-51H2,1-2H3,(H,55,58)/b7-5-,10-8+,13-11-,17-16-,20-19-,23-22-,41-39+,49-47+. The van der Waals surface area contributed by atoms with Crippen LogP contribution in [0, 0.1) is 0 Å². The molecule has 1 amide bonds. The van der Waals surface area contributed by atoms with E-state index in [4.69, 9.17) is 0 Å². The van der Waals surface area contributed by atoms with Crippen LogP contribution in [0.2, 0.25) is 0 Å². The van der Waals surface area contributed by atoms with Crippen LogP contribution in [0.25, 0.3) is 0 Å². The molecule has 0 aliphatic rings. The maximum atomic E-state index is 12.4. The van der Waals surface area contributed by atoms with Crippen molar-refractivity contribution in [1.29, 1.82) is 0 Å². The number of hydrogen-bond acceptors (Lipinski definition) is 3. The number of amides is 1. The van der Waals surface area contributed by atoms with E-state index in [9.17, 15) is 15.0 Å². The molecule has 0 saturated carbocycles. The van der Waals surface area contributed by atoms with Crippen molar-refractivity contribution in [3.63, 3.8) is 0 Å². The van der Waals surface area contributed by atoms with Gasteiger partial charge in [-0.1, -0.05) is 227 Å². The summed E-state index contributed by atoms with van der Waals surface area (Å²) in [5.74, 6) is -0.0816. The van der Waals surface area contributed by atoms with Gasteiger partial charge < -0.3 is 15.5 Å². The zero-order chi connectivity index (χ0) is 42.1. The molecule has 332 valence electrons. The van der Waals surface area contributed by atoms with Gasteiger partial charge in [0, 0.05) is 6.42 Å². The van der Waals surface area contributed by atoms with Gasteiger partial charge in [-0.3, -0.25) is 4.79 Å². The average molecular weight is 804 g/mol. The molecule has 0 saturated heterocycles. The topological polar surface area (TPSA) is 69.6 Å². The summed E-state index contributed by atoms with van der Waals surface area (Å²) in [6.45, 7) is 4.10. The van der Waals surface area contributed by atoms with Gasteiger partial charge >= 0.3 is 0 Å². The highest BCUT2D eigenvalue weighted by molar-refractivity contribution is 5.76. The number of carbonyl (C=O) groups excluding carboxylic acids is 1. The number of nitrogens with one attached hydrogen (secondary N) is 1. The molecule has 0 bridgehead atoms. The molecule has 0 fully saturated rings. The molecule has 58 heavy (non-hydrogen) atoms. The molecule has 2 atom stereocenters. The van der Waals surface area contributed by atoms with Crippen molar-refractivity contribution in [3.8, 4) is 0 Å². The Morgan fingerprint density at radius 2 is 0.776 bits per heavy atom. The molecule has 0 aliphatic carbocycles. The number of carbonyl (C=O) groups is 1. The van der Waals surface area contributed by atoms with E-state index in [0.29, 0.717) is 6.42 Å². The third kappa shape index (κ3) is 44.4. The lowest BCUT2D eigenvalue weighted by Gasteiger charge is -2.19. The summed E-state index contributed by atoms with van der Waals surface area (Å²) in [5.41, 5.74) is 0. The lowest BCUT2D eigenvalue weighted by Crippen LogP contribution is -2.45. The molecule has 2 unspecified atom stereocenters. The molecule has 0 aromatic carbocycles. The van der Waals surface area contributed by atoms with Crippen molar-refractivity contribution in [1.82, 2.24) is 5.32 Å². The Labute approximate surface area is 360 Å². The summed E-state index contributed by atoms with van der Waals surface area (Å²) < 4.78 is 0. The van der Waals surface area contributed by atoms with E-state index in [1.165, 1.54) is 122 Å². The van der Waals surface area contributed by atoms with Crippen molar-refractivity contribution in [3.05, 3.63) is 97.2 Å². The van der Waals surface area contributed by atoms with Gasteiger partial charge in [0.25, 0.3) is 0 Å². The van der Waals surface area contributed by atoms with Crippen LogP contribution in [-0.2, 0) is 4.79 Å². The maximum absolute atomic E-state index is 12.4. The summed E-state index contributed by atoms with van der Waals surface area (Å²) in [5, 5.41) is 22.9. The smallest absolute Gasteiger partial charge is 0.220 e. The molecule has 0 aromatic rings. The zero-order valence-electron chi connectivity index (χ0n) is 38.0. The van der Waals surface area contributed by atoms with Crippen molar-refractivity contribution in [2.75, 3.05) is 6.61 Å². The van der Waals surface area contributed by atoms with Crippen LogP contribution in [0.3, 0.4) is 0 Å². The van der Waals surface area contributed by atoms with Gasteiger partial charge in [0.1, 0.15) is 0 Å². The van der Waals surface area contributed by atoms with Gasteiger partial charge in [0.05, 0.1) is 18.8 Å². The number of aliphatic hydroxyl groups excluding tert-OH is 2. The number of rotatable bonds is 43. The van der Waals surface area contributed by atoms with Gasteiger partial charge in [-0.15, -0.1) is 0 Å². The van der Waals surface area contributed by atoms with Crippen LogP contribution in [0.4, 0.5) is 0 Å². The number of allylic oxidation sites excluding steroid dienone is 15. The highest BCUT2D eigenvalue weighted by Gasteiger charge is 2.17. The molecule has 0 rings (SSSR count). The fourth-order valence-electron chi connectivity index (χ4n) is 6.83. The number of hydrogen-bond donors (Lipinski definition) is 3. The monoisotopic (exact) mass is 804 g/mol. The van der Waals surface area contributed by atoms with Crippen LogP contribution >= 0.6 is 0 Å². The first kappa shape index (κ1) is 55.3. The Morgan fingerprint density at radius 1 is 0.431 bits per heavy atom. The van der Waals surface area contributed by atoms with E-state index in [-0.39, 0.29) is 12.5 Å². The Morgan fingerprint density at radius 3 is 1.19 bits per heavy atom. The quantitative estimate of drug-likeness (QED) is 0.0425. The van der Waals surface area contributed by atoms with E-state index < -0.39 is 12.1 Å². The third-order valence-electron chi connectivity index (χ3n) is 10.5. The first-order valence-corrected chi connectivity index (χ1v) is 24.5. The highest BCUT2D eigenvalue weighted by atomic mass is 16.3. The molecule has 0 aromatic heterocycles. The Hall–Kier alpha value is -2.69. The van der Waals surface area contributed by atoms with Gasteiger partial charge in [-0.25, -0.2) is 0 Å². The maximum Gasteiger partial charge on any atom is 0.220 e. The molecular formula is C54H93NO3. The van der Waals surface area contributed by atoms with Crippen LogP contribution in [0.15, 0.2) is 97.2 Å². The predicted molar refractivity (Wildman–Crippen MR) is 257 cm³/mol. The molecule has 0 aliphatic heterocycles. The van der Waals surface area contributed by atoms with E-state index in [1.807, 2.05) is 6.08 Å². The van der Waals surface area contributed by atoms with E-state index >= 15 is 0 Å². The Bertz CT molecular complexity index is 1090. The SMILES string of the molecule is CC/C=C\C/C=C\C/C=C\C/C=C\C/C=C\CCCCCCCCCCCCCCCCCCCCCC(=O)NC(CO)C(O)/C=C/CC/C=C/CC/C=C/CCC. The Kier molecular flexibility index (Phi) is 46.4. The van der Waals surface area contributed by atoms with Crippen molar-refractivity contribution >= 4 is 5.91 Å². The van der Waals surface area contributed by atoms with E-state index in [1.54, 1.807) is 6.08 Å². The van der Waals surface area contributed by atoms with Gasteiger partial charge in [0.2, 0.25) is 5.91 Å². The molecule has 3 N–H and O–H groups in total. The third-order valence-corrected chi connectivity index (χ3v) is 10.5. The van der Waals surface area contributed by atoms with Crippen molar-refractivity contribution in [2.24, 2.45) is 0 Å². The molecule has 0 spiro atoms. The second-order valence-corrected chi connectivity index (χ2v) is 16.1. The van der Waals surface area contributed by atoms with Gasteiger partial charge in [-0.05, 0) is 83.5 Å². The minimum absolute atomic E-state index is 0.0816. The summed E-state index contributed by atoms with van der Waals surface area (Å²) >= 11 is 0. The molecular weight excluding hydrogens is 711 g/mol. The second kappa shape index (κ2) is 48.7. The fraction of sp³-hybridized carbons (Fsp3) is 0.685. The second-order valence-electron chi connectivity index (χ2n) is 16.1. The zero-order valence-corrected chi connectivity index (χ0v) is 38.0. The molecule has 4 heteroatoms. The largest absolute Gasteiger partial charge is 0.394 e. The van der Waals surface area contributed by atoms with E-state index in [2.05, 4.69) is 104 Å². The first-order chi connectivity index (χ1) is 28.7. The normalized spacial score (nSPS) is 13.8. The van der Waals surface area contributed by atoms with Crippen LogP contribution in [0.5, 0.6) is 0 Å². The van der Waals surface area contributed by atoms with Crippen LogP contribution in [0.1, 0.15) is 219 Å². The number of unbranched alkanes of at least 4 members (excludes halogenated alkanes) is 22. The van der Waals surface area contributed by atoms with Crippen LogP contribution in [-0.4, -0.2) is 34.9 Å². The van der Waals surface area contributed by atoms with Crippen molar-refractivity contribution in [2.45, 2.75) is 231 Å². The predicted octanol–water partition coefficient (Wildman–Crippen LogP) is 15.8. The molecule has 0 radical (unpaired) electrons. The van der Waals surface area contributed by atoms with Crippen LogP contribution < -0.4 is 5.32 Å². The minimum Gasteiger partial charge on any atom is -0.394 e. The van der Waals surface area contributed by atoms with Crippen molar-refractivity contribution < 1.29 is 15.0 Å². The summed E-state index contributed by atoms with van der Waals surface area (Å²) in [7, 11) is 0.